The molecule has 14 heavy (non-hydrogen) atoms. The highest BCUT2D eigenvalue weighted by Gasteiger charge is 2.22. The Kier molecular flexibility index (Phi) is 2.85. The minimum Gasteiger partial charge on any atom is -0.207 e. The van der Waals surface area contributed by atoms with E-state index in [-0.39, 0.29) is 5.82 Å². The molecule has 0 aliphatic heterocycles. The third-order valence-corrected chi connectivity index (χ3v) is 3.48. The Morgan fingerprint density at radius 2 is 2.00 bits per heavy atom. The lowest BCUT2D eigenvalue weighted by atomic mass is 9.86. The van der Waals surface area contributed by atoms with Crippen molar-refractivity contribution in [1.29, 1.82) is 0 Å². The first-order valence-corrected chi connectivity index (χ1v) is 5.53. The number of rotatable bonds is 2. The van der Waals surface area contributed by atoms with E-state index in [1.54, 1.807) is 6.07 Å². The monoisotopic (exact) mass is 192 g/mol. The van der Waals surface area contributed by atoms with Crippen molar-refractivity contribution < 1.29 is 4.39 Å². The second-order valence-corrected chi connectivity index (χ2v) is 4.39. The van der Waals surface area contributed by atoms with Crippen LogP contribution >= 0.6 is 0 Å². The van der Waals surface area contributed by atoms with Gasteiger partial charge in [0.05, 0.1) is 0 Å². The molecule has 1 aromatic rings. The van der Waals surface area contributed by atoms with E-state index in [1.165, 1.54) is 31.7 Å². The number of hydrogen-bond donors (Lipinski definition) is 0. The summed E-state index contributed by atoms with van der Waals surface area (Å²) < 4.78 is 13.0. The molecule has 0 heterocycles. The van der Waals surface area contributed by atoms with Gasteiger partial charge in [-0.1, -0.05) is 31.9 Å². The molecular formula is C13H17F. The molecule has 76 valence electrons. The Balaban J connectivity index is 2.13. The summed E-state index contributed by atoms with van der Waals surface area (Å²) in [5, 5.41) is 0. The topological polar surface area (TPSA) is 0 Å². The molecule has 1 unspecified atom stereocenters. The van der Waals surface area contributed by atoms with E-state index in [4.69, 9.17) is 0 Å². The molecule has 1 aliphatic rings. The van der Waals surface area contributed by atoms with Crippen LogP contribution in [0.5, 0.6) is 0 Å². The van der Waals surface area contributed by atoms with Gasteiger partial charge in [-0.05, 0) is 42.4 Å². The zero-order valence-corrected chi connectivity index (χ0v) is 8.67. The van der Waals surface area contributed by atoms with Crippen LogP contribution in [0.4, 0.5) is 4.39 Å². The Morgan fingerprint density at radius 1 is 1.29 bits per heavy atom. The molecule has 0 saturated heterocycles. The van der Waals surface area contributed by atoms with E-state index >= 15 is 0 Å². The Hall–Kier alpha value is -0.850. The molecule has 1 aromatic carbocycles. The number of halogens is 1. The summed E-state index contributed by atoms with van der Waals surface area (Å²) >= 11 is 0. The molecular weight excluding hydrogens is 175 g/mol. The SMILES string of the molecule is CC(c1cccc(F)c1)C1CCCC1. The van der Waals surface area contributed by atoms with Crippen molar-refractivity contribution in [3.05, 3.63) is 35.6 Å². The van der Waals surface area contributed by atoms with Crippen molar-refractivity contribution in [3.63, 3.8) is 0 Å². The zero-order chi connectivity index (χ0) is 9.97. The first-order valence-electron chi connectivity index (χ1n) is 5.53. The van der Waals surface area contributed by atoms with Crippen molar-refractivity contribution in [3.8, 4) is 0 Å². The van der Waals surface area contributed by atoms with Crippen molar-refractivity contribution >= 4 is 0 Å². The van der Waals surface area contributed by atoms with E-state index in [1.807, 2.05) is 12.1 Å². The first kappa shape index (κ1) is 9.70. The van der Waals surface area contributed by atoms with Gasteiger partial charge in [-0.2, -0.15) is 0 Å². The van der Waals surface area contributed by atoms with Crippen LogP contribution in [0.15, 0.2) is 24.3 Å². The lowest BCUT2D eigenvalue weighted by Gasteiger charge is -2.19. The summed E-state index contributed by atoms with van der Waals surface area (Å²) in [5.41, 5.74) is 1.16. The van der Waals surface area contributed by atoms with Gasteiger partial charge in [0, 0.05) is 0 Å². The highest BCUT2D eigenvalue weighted by Crippen LogP contribution is 2.36. The zero-order valence-electron chi connectivity index (χ0n) is 8.67. The Labute approximate surface area is 85.1 Å². The van der Waals surface area contributed by atoms with Crippen molar-refractivity contribution in [2.75, 3.05) is 0 Å². The predicted molar refractivity (Wildman–Crippen MR) is 56.8 cm³/mol. The van der Waals surface area contributed by atoms with Gasteiger partial charge in [0.2, 0.25) is 0 Å². The van der Waals surface area contributed by atoms with E-state index in [9.17, 15) is 4.39 Å². The molecule has 1 atom stereocenters. The largest absolute Gasteiger partial charge is 0.207 e. The standard InChI is InChI=1S/C13H17F/c1-10(11-5-2-3-6-11)12-7-4-8-13(14)9-12/h4,7-11H,2-3,5-6H2,1H3. The fraction of sp³-hybridized carbons (Fsp3) is 0.538. The molecule has 0 radical (unpaired) electrons. The average Bonchev–Trinajstić information content (AvgIpc) is 2.69. The minimum absolute atomic E-state index is 0.104. The molecule has 1 heteroatoms. The molecule has 1 fully saturated rings. The fourth-order valence-electron chi connectivity index (χ4n) is 2.52. The molecule has 0 nitrogen and oxygen atoms in total. The maximum absolute atomic E-state index is 13.0. The Bertz CT molecular complexity index is 300. The third kappa shape index (κ3) is 1.97. The number of benzene rings is 1. The van der Waals surface area contributed by atoms with Crippen LogP contribution in [0, 0.1) is 11.7 Å². The maximum atomic E-state index is 13.0. The summed E-state index contributed by atoms with van der Waals surface area (Å²) in [5.74, 6) is 1.19. The quantitative estimate of drug-likeness (QED) is 0.661. The van der Waals surface area contributed by atoms with Crippen molar-refractivity contribution in [1.82, 2.24) is 0 Å². The molecule has 0 N–H and O–H groups in total. The van der Waals surface area contributed by atoms with Crippen molar-refractivity contribution in [2.24, 2.45) is 5.92 Å². The number of hydrogen-bond acceptors (Lipinski definition) is 0. The van der Waals surface area contributed by atoms with Crippen LogP contribution in [0.2, 0.25) is 0 Å². The summed E-state index contributed by atoms with van der Waals surface area (Å²) in [4.78, 5) is 0. The summed E-state index contributed by atoms with van der Waals surface area (Å²) in [6, 6.07) is 7.07. The van der Waals surface area contributed by atoms with Crippen LogP contribution in [-0.2, 0) is 0 Å². The summed E-state index contributed by atoms with van der Waals surface area (Å²) in [7, 11) is 0. The van der Waals surface area contributed by atoms with Crippen LogP contribution in [0.1, 0.15) is 44.1 Å². The van der Waals surface area contributed by atoms with Gasteiger partial charge in [0.25, 0.3) is 0 Å². The highest BCUT2D eigenvalue weighted by atomic mass is 19.1. The van der Waals surface area contributed by atoms with Gasteiger partial charge in [-0.25, -0.2) is 4.39 Å². The molecule has 0 bridgehead atoms. The van der Waals surface area contributed by atoms with E-state index in [0.717, 1.165) is 11.5 Å². The van der Waals surface area contributed by atoms with Crippen LogP contribution in [0.3, 0.4) is 0 Å². The minimum atomic E-state index is -0.104. The normalized spacial score (nSPS) is 19.9. The molecule has 1 saturated carbocycles. The Morgan fingerprint density at radius 3 is 2.64 bits per heavy atom. The van der Waals surface area contributed by atoms with Crippen LogP contribution in [0.25, 0.3) is 0 Å². The van der Waals surface area contributed by atoms with Crippen molar-refractivity contribution in [2.45, 2.75) is 38.5 Å². The van der Waals surface area contributed by atoms with Crippen LogP contribution in [-0.4, -0.2) is 0 Å². The molecule has 0 aromatic heterocycles. The second-order valence-electron chi connectivity index (χ2n) is 4.39. The van der Waals surface area contributed by atoms with Gasteiger partial charge in [0.15, 0.2) is 0 Å². The lowest BCUT2D eigenvalue weighted by molar-refractivity contribution is 0.459. The molecule has 2 rings (SSSR count). The predicted octanol–water partition coefficient (Wildman–Crippen LogP) is 4.12. The smallest absolute Gasteiger partial charge is 0.123 e. The van der Waals surface area contributed by atoms with Gasteiger partial charge in [-0.3, -0.25) is 0 Å². The van der Waals surface area contributed by atoms with Gasteiger partial charge in [0.1, 0.15) is 5.82 Å². The van der Waals surface area contributed by atoms with E-state index in [2.05, 4.69) is 6.92 Å². The second kappa shape index (κ2) is 4.12. The molecule has 0 spiro atoms. The summed E-state index contributed by atoms with van der Waals surface area (Å²) in [6.07, 6.45) is 5.34. The highest BCUT2D eigenvalue weighted by molar-refractivity contribution is 5.21. The van der Waals surface area contributed by atoms with Gasteiger partial charge < -0.3 is 0 Å². The fourth-order valence-corrected chi connectivity index (χ4v) is 2.52. The maximum Gasteiger partial charge on any atom is 0.123 e. The van der Waals surface area contributed by atoms with Gasteiger partial charge >= 0.3 is 0 Å². The third-order valence-electron chi connectivity index (χ3n) is 3.48. The van der Waals surface area contributed by atoms with E-state index < -0.39 is 0 Å². The molecule has 1 aliphatic carbocycles. The molecule has 0 amide bonds. The average molecular weight is 192 g/mol. The van der Waals surface area contributed by atoms with E-state index in [0.29, 0.717) is 5.92 Å². The lowest BCUT2D eigenvalue weighted by Crippen LogP contribution is -2.05. The summed E-state index contributed by atoms with van der Waals surface area (Å²) in [6.45, 7) is 2.23. The first-order chi connectivity index (χ1) is 6.77. The van der Waals surface area contributed by atoms with Crippen LogP contribution < -0.4 is 0 Å². The van der Waals surface area contributed by atoms with Gasteiger partial charge in [-0.15, -0.1) is 0 Å².